The van der Waals surface area contributed by atoms with Gasteiger partial charge in [0.1, 0.15) is 11.1 Å². The molecule has 0 fully saturated rings. The van der Waals surface area contributed by atoms with Crippen LogP contribution in [-0.4, -0.2) is 38.7 Å². The maximum absolute atomic E-state index is 11.7. The summed E-state index contributed by atoms with van der Waals surface area (Å²) in [6.07, 6.45) is 1.39. The maximum atomic E-state index is 11.7. The van der Waals surface area contributed by atoms with Gasteiger partial charge in [0.05, 0.1) is 6.61 Å². The van der Waals surface area contributed by atoms with E-state index in [1.54, 1.807) is 6.92 Å². The van der Waals surface area contributed by atoms with Crippen LogP contribution in [0.2, 0.25) is 0 Å². The Morgan fingerprint density at radius 1 is 1.42 bits per heavy atom. The molecule has 19 heavy (non-hydrogen) atoms. The second-order valence-corrected chi connectivity index (χ2v) is 3.93. The number of rotatable bonds is 4. The van der Waals surface area contributed by atoms with Gasteiger partial charge in [0.2, 0.25) is 0 Å². The molecule has 0 radical (unpaired) electrons. The Balaban J connectivity index is 2.44. The second-order valence-electron chi connectivity index (χ2n) is 3.93. The van der Waals surface area contributed by atoms with Crippen molar-refractivity contribution >= 4 is 28.5 Å². The molecule has 8 heteroatoms. The van der Waals surface area contributed by atoms with E-state index in [-0.39, 0.29) is 12.2 Å². The van der Waals surface area contributed by atoms with Crippen LogP contribution in [0.1, 0.15) is 31.1 Å². The number of esters is 1. The van der Waals surface area contributed by atoms with Crippen molar-refractivity contribution in [2.75, 3.05) is 12.0 Å². The summed E-state index contributed by atoms with van der Waals surface area (Å²) in [6.45, 7) is 5.72. The van der Waals surface area contributed by atoms with Crippen molar-refractivity contribution in [3.63, 3.8) is 0 Å². The minimum atomic E-state index is -0.476. The highest BCUT2D eigenvalue weighted by molar-refractivity contribution is 6.03. The first kappa shape index (κ1) is 12.9. The number of hydrazone groups is 1. The Labute approximate surface area is 109 Å². The van der Waals surface area contributed by atoms with Gasteiger partial charge in [-0.25, -0.2) is 9.78 Å². The summed E-state index contributed by atoms with van der Waals surface area (Å²) in [7, 11) is 0. The summed E-state index contributed by atoms with van der Waals surface area (Å²) < 4.78 is 4.93. The molecule has 0 unspecified atom stereocenters. The van der Waals surface area contributed by atoms with Crippen LogP contribution in [0, 0.1) is 0 Å². The number of carbonyl (C=O) groups excluding carboxylic acids is 1. The Kier molecular flexibility index (Phi) is 3.69. The Hall–Kier alpha value is -2.51. The fraction of sp³-hybridized carbons (Fsp3) is 0.364. The standard InChI is InChI=1S/C11H14N6O2/c1-4-19-11(18)7-5-12-10(16-13-6(2)3)9-8(7)14-17-15-9/h5H,4H2,1-3H3,(H,12,16)(H,14,15,17). The number of nitrogens with zero attached hydrogens (tertiary/aromatic N) is 4. The molecular formula is C11H14N6O2. The summed E-state index contributed by atoms with van der Waals surface area (Å²) in [4.78, 5) is 15.9. The van der Waals surface area contributed by atoms with Crippen molar-refractivity contribution in [1.82, 2.24) is 20.4 Å². The van der Waals surface area contributed by atoms with Crippen LogP contribution in [0.4, 0.5) is 5.82 Å². The molecule has 2 aromatic heterocycles. The first-order valence-electron chi connectivity index (χ1n) is 5.77. The molecule has 0 aliphatic heterocycles. The molecule has 0 bridgehead atoms. The molecule has 0 saturated heterocycles. The third kappa shape index (κ3) is 2.67. The van der Waals surface area contributed by atoms with E-state index in [2.05, 4.69) is 30.9 Å². The van der Waals surface area contributed by atoms with Crippen LogP contribution < -0.4 is 5.43 Å². The molecule has 0 aliphatic carbocycles. The fourth-order valence-electron chi connectivity index (χ4n) is 1.44. The van der Waals surface area contributed by atoms with Gasteiger partial charge >= 0.3 is 5.97 Å². The molecule has 2 aromatic rings. The topological polar surface area (TPSA) is 105 Å². The van der Waals surface area contributed by atoms with Crippen LogP contribution in [0.3, 0.4) is 0 Å². The van der Waals surface area contributed by atoms with Gasteiger partial charge < -0.3 is 4.74 Å². The van der Waals surface area contributed by atoms with Gasteiger partial charge in [0.15, 0.2) is 11.3 Å². The SMILES string of the molecule is CCOC(=O)c1cnc(NN=C(C)C)c2n[nH]nc12. The molecule has 0 aromatic carbocycles. The van der Waals surface area contributed by atoms with E-state index < -0.39 is 5.97 Å². The number of pyridine rings is 1. The monoisotopic (exact) mass is 262 g/mol. The van der Waals surface area contributed by atoms with Gasteiger partial charge in [-0.05, 0) is 20.8 Å². The first-order chi connectivity index (χ1) is 9.13. The molecule has 0 aliphatic rings. The van der Waals surface area contributed by atoms with Gasteiger partial charge in [-0.1, -0.05) is 0 Å². The zero-order chi connectivity index (χ0) is 13.8. The zero-order valence-corrected chi connectivity index (χ0v) is 10.9. The lowest BCUT2D eigenvalue weighted by molar-refractivity contribution is 0.0528. The minimum absolute atomic E-state index is 0.272. The molecule has 0 atom stereocenters. The van der Waals surface area contributed by atoms with E-state index in [1.165, 1.54) is 6.20 Å². The summed E-state index contributed by atoms with van der Waals surface area (Å²) >= 11 is 0. The van der Waals surface area contributed by atoms with Crippen molar-refractivity contribution in [1.29, 1.82) is 0 Å². The molecule has 0 spiro atoms. The van der Waals surface area contributed by atoms with E-state index in [1.807, 2.05) is 13.8 Å². The molecule has 2 rings (SSSR count). The van der Waals surface area contributed by atoms with E-state index in [9.17, 15) is 4.79 Å². The van der Waals surface area contributed by atoms with E-state index in [4.69, 9.17) is 4.74 Å². The number of aromatic amines is 1. The summed E-state index contributed by atoms with van der Waals surface area (Å²) in [6, 6.07) is 0. The van der Waals surface area contributed by atoms with Crippen molar-refractivity contribution < 1.29 is 9.53 Å². The highest BCUT2D eigenvalue weighted by atomic mass is 16.5. The molecule has 100 valence electrons. The van der Waals surface area contributed by atoms with Crippen LogP contribution in [0.15, 0.2) is 11.3 Å². The molecule has 2 N–H and O–H groups in total. The number of nitrogens with one attached hydrogen (secondary N) is 2. The van der Waals surface area contributed by atoms with E-state index in [0.29, 0.717) is 16.9 Å². The second kappa shape index (κ2) is 5.42. The Morgan fingerprint density at radius 2 is 2.16 bits per heavy atom. The average molecular weight is 262 g/mol. The minimum Gasteiger partial charge on any atom is -0.462 e. The summed E-state index contributed by atoms with van der Waals surface area (Å²) in [5.74, 6) is -0.0476. The van der Waals surface area contributed by atoms with Crippen LogP contribution in [0.5, 0.6) is 0 Å². The van der Waals surface area contributed by atoms with Crippen molar-refractivity contribution in [3.8, 4) is 0 Å². The van der Waals surface area contributed by atoms with Crippen molar-refractivity contribution in [3.05, 3.63) is 11.8 Å². The normalized spacial score (nSPS) is 10.3. The van der Waals surface area contributed by atoms with Gasteiger partial charge in [0.25, 0.3) is 0 Å². The molecular weight excluding hydrogens is 248 g/mol. The number of carbonyl (C=O) groups is 1. The van der Waals surface area contributed by atoms with Crippen LogP contribution in [0.25, 0.3) is 11.0 Å². The quantitative estimate of drug-likeness (QED) is 0.489. The van der Waals surface area contributed by atoms with Crippen molar-refractivity contribution in [2.24, 2.45) is 5.10 Å². The highest BCUT2D eigenvalue weighted by Crippen LogP contribution is 2.20. The molecule has 0 amide bonds. The Bertz CT molecular complexity index is 629. The lowest BCUT2D eigenvalue weighted by Crippen LogP contribution is -2.07. The van der Waals surface area contributed by atoms with E-state index in [0.717, 1.165) is 5.71 Å². The summed E-state index contributed by atoms with van der Waals surface area (Å²) in [5.41, 5.74) is 4.73. The van der Waals surface area contributed by atoms with Gasteiger partial charge in [0, 0.05) is 11.9 Å². The smallest absolute Gasteiger partial charge is 0.342 e. The third-order valence-electron chi connectivity index (χ3n) is 2.23. The highest BCUT2D eigenvalue weighted by Gasteiger charge is 2.17. The average Bonchev–Trinajstić information content (AvgIpc) is 2.85. The van der Waals surface area contributed by atoms with Gasteiger partial charge in [-0.3, -0.25) is 5.43 Å². The lowest BCUT2D eigenvalue weighted by Gasteiger charge is -2.04. The number of fused-ring (bicyclic) bond motifs is 1. The van der Waals surface area contributed by atoms with Crippen LogP contribution in [-0.2, 0) is 4.74 Å². The number of H-pyrrole nitrogens is 1. The number of aromatic nitrogens is 4. The first-order valence-corrected chi connectivity index (χ1v) is 5.77. The van der Waals surface area contributed by atoms with Gasteiger partial charge in [-0.2, -0.15) is 20.5 Å². The van der Waals surface area contributed by atoms with Gasteiger partial charge in [-0.15, -0.1) is 0 Å². The van der Waals surface area contributed by atoms with Crippen LogP contribution >= 0.6 is 0 Å². The van der Waals surface area contributed by atoms with E-state index >= 15 is 0 Å². The third-order valence-corrected chi connectivity index (χ3v) is 2.23. The lowest BCUT2D eigenvalue weighted by atomic mass is 10.2. The predicted molar refractivity (Wildman–Crippen MR) is 70.0 cm³/mol. The predicted octanol–water partition coefficient (Wildman–Crippen LogP) is 1.34. The zero-order valence-electron chi connectivity index (χ0n) is 10.9. The maximum Gasteiger partial charge on any atom is 0.342 e. The number of anilines is 1. The molecule has 0 saturated carbocycles. The largest absolute Gasteiger partial charge is 0.462 e. The fourth-order valence-corrected chi connectivity index (χ4v) is 1.44. The number of hydrogen-bond donors (Lipinski definition) is 2. The molecule has 8 nitrogen and oxygen atoms in total. The number of hydrogen-bond acceptors (Lipinski definition) is 7. The Morgan fingerprint density at radius 3 is 2.84 bits per heavy atom. The van der Waals surface area contributed by atoms with Crippen molar-refractivity contribution in [2.45, 2.75) is 20.8 Å². The number of ether oxygens (including phenoxy) is 1. The molecule has 2 heterocycles. The summed E-state index contributed by atoms with van der Waals surface area (Å²) in [5, 5.41) is 14.4.